The Morgan fingerprint density at radius 1 is 1.18 bits per heavy atom. The van der Waals surface area contributed by atoms with Crippen LogP contribution in [0.15, 0.2) is 69.4 Å². The summed E-state index contributed by atoms with van der Waals surface area (Å²) in [5.41, 5.74) is 6.45. The molecule has 10 heteroatoms. The number of benzene rings is 2. The second kappa shape index (κ2) is 8.03. The molecule has 3 aromatic rings. The fraction of sp³-hybridized carbons (Fsp3) is 0.111. The molecule has 2 aromatic carbocycles. The van der Waals surface area contributed by atoms with Crippen LogP contribution < -0.4 is 11.1 Å². The van der Waals surface area contributed by atoms with Crippen molar-refractivity contribution in [1.29, 1.82) is 0 Å². The lowest BCUT2D eigenvalue weighted by molar-refractivity contribution is -0.116. The van der Waals surface area contributed by atoms with Gasteiger partial charge in [-0.3, -0.25) is 4.79 Å². The number of carbonyl (C=O) groups excluding carboxylic acids is 1. The van der Waals surface area contributed by atoms with Gasteiger partial charge in [0.1, 0.15) is 28.1 Å². The average Bonchev–Trinajstić information content (AvgIpc) is 3.00. The minimum Gasteiger partial charge on any atom is -0.383 e. The van der Waals surface area contributed by atoms with E-state index in [4.69, 9.17) is 5.73 Å². The summed E-state index contributed by atoms with van der Waals surface area (Å²) >= 11 is 1.12. The molecule has 0 fully saturated rings. The number of halogens is 1. The smallest absolute Gasteiger partial charge is 0.246 e. The number of aromatic nitrogens is 2. The molecule has 28 heavy (non-hydrogen) atoms. The highest BCUT2D eigenvalue weighted by Crippen LogP contribution is 2.33. The largest absolute Gasteiger partial charge is 0.383 e. The SMILES string of the molecule is CSc1nn(CC(=O)Nc2ccc(F)cc2)c(N)c1S(=O)(=O)c1ccccc1. The summed E-state index contributed by atoms with van der Waals surface area (Å²) in [5.74, 6) is -1.02. The lowest BCUT2D eigenvalue weighted by atomic mass is 10.3. The van der Waals surface area contributed by atoms with Crippen molar-refractivity contribution >= 4 is 39.0 Å². The van der Waals surface area contributed by atoms with Crippen LogP contribution in [0.5, 0.6) is 0 Å². The molecule has 0 aliphatic carbocycles. The number of nitrogen functional groups attached to an aromatic ring is 1. The highest BCUT2D eigenvalue weighted by Gasteiger charge is 2.29. The highest BCUT2D eigenvalue weighted by molar-refractivity contribution is 7.99. The third-order valence-electron chi connectivity index (χ3n) is 3.85. The zero-order valence-electron chi connectivity index (χ0n) is 14.8. The van der Waals surface area contributed by atoms with E-state index < -0.39 is 21.6 Å². The maximum absolute atomic E-state index is 13.0. The Hall–Kier alpha value is -2.85. The standard InChI is InChI=1S/C18H17FN4O3S2/c1-27-18-16(28(25,26)14-5-3-2-4-6-14)17(20)23(22-18)11-15(24)21-13-9-7-12(19)8-10-13/h2-10H,11,20H2,1H3,(H,21,24). The van der Waals surface area contributed by atoms with Crippen molar-refractivity contribution in [3.63, 3.8) is 0 Å². The van der Waals surface area contributed by atoms with Gasteiger partial charge >= 0.3 is 0 Å². The van der Waals surface area contributed by atoms with E-state index in [0.717, 1.165) is 16.4 Å². The third-order valence-corrected chi connectivity index (χ3v) is 6.49. The molecule has 0 atom stereocenters. The monoisotopic (exact) mass is 420 g/mol. The molecule has 0 aliphatic heterocycles. The van der Waals surface area contributed by atoms with Crippen molar-refractivity contribution in [2.45, 2.75) is 21.4 Å². The minimum atomic E-state index is -3.89. The van der Waals surface area contributed by atoms with Crippen LogP contribution in [-0.4, -0.2) is 30.4 Å². The minimum absolute atomic E-state index is 0.0901. The zero-order valence-corrected chi connectivity index (χ0v) is 16.4. The molecule has 3 N–H and O–H groups in total. The number of nitrogens with zero attached hydrogens (tertiary/aromatic N) is 2. The Morgan fingerprint density at radius 3 is 2.43 bits per heavy atom. The lowest BCUT2D eigenvalue weighted by Gasteiger charge is -2.07. The van der Waals surface area contributed by atoms with Gasteiger partial charge in [0.05, 0.1) is 4.90 Å². The van der Waals surface area contributed by atoms with Crippen LogP contribution in [0.25, 0.3) is 0 Å². The molecule has 0 saturated carbocycles. The molecule has 0 radical (unpaired) electrons. The van der Waals surface area contributed by atoms with Crippen molar-refractivity contribution < 1.29 is 17.6 Å². The van der Waals surface area contributed by atoms with Crippen LogP contribution >= 0.6 is 11.8 Å². The number of hydrogen-bond donors (Lipinski definition) is 2. The van der Waals surface area contributed by atoms with Crippen LogP contribution in [0, 0.1) is 5.82 Å². The second-order valence-electron chi connectivity index (χ2n) is 5.75. The van der Waals surface area contributed by atoms with Gasteiger partial charge < -0.3 is 11.1 Å². The third kappa shape index (κ3) is 4.02. The maximum atomic E-state index is 13.0. The van der Waals surface area contributed by atoms with Crippen LogP contribution in [0.4, 0.5) is 15.9 Å². The number of nitrogens with two attached hydrogens (primary N) is 1. The number of rotatable bonds is 6. The van der Waals surface area contributed by atoms with E-state index in [1.165, 1.54) is 36.4 Å². The summed E-state index contributed by atoms with van der Waals surface area (Å²) in [5, 5.41) is 6.96. The Kier molecular flexibility index (Phi) is 5.71. The first-order chi connectivity index (χ1) is 13.3. The van der Waals surface area contributed by atoms with Gasteiger partial charge in [0.15, 0.2) is 0 Å². The summed E-state index contributed by atoms with van der Waals surface area (Å²) in [6, 6.07) is 13.1. The van der Waals surface area contributed by atoms with Crippen LogP contribution in [0.2, 0.25) is 0 Å². The summed E-state index contributed by atoms with van der Waals surface area (Å²) in [6.45, 7) is -0.291. The van der Waals surface area contributed by atoms with Gasteiger partial charge in [-0.15, -0.1) is 11.8 Å². The molecule has 7 nitrogen and oxygen atoms in total. The van der Waals surface area contributed by atoms with Gasteiger partial charge in [0.25, 0.3) is 0 Å². The van der Waals surface area contributed by atoms with E-state index >= 15 is 0 Å². The van der Waals surface area contributed by atoms with E-state index in [-0.39, 0.29) is 27.2 Å². The molecule has 1 heterocycles. The second-order valence-corrected chi connectivity index (χ2v) is 8.43. The number of thioether (sulfide) groups is 1. The first-order valence-electron chi connectivity index (χ1n) is 8.08. The van der Waals surface area contributed by atoms with E-state index in [2.05, 4.69) is 10.4 Å². The van der Waals surface area contributed by atoms with Crippen molar-refractivity contribution in [2.75, 3.05) is 17.3 Å². The van der Waals surface area contributed by atoms with Crippen LogP contribution in [0.1, 0.15) is 0 Å². The molecule has 0 saturated heterocycles. The van der Waals surface area contributed by atoms with Crippen LogP contribution in [-0.2, 0) is 21.2 Å². The molecule has 146 valence electrons. The van der Waals surface area contributed by atoms with Crippen molar-refractivity contribution in [3.8, 4) is 0 Å². The Bertz CT molecular complexity index is 1100. The molecular formula is C18H17FN4O3S2. The number of hydrogen-bond acceptors (Lipinski definition) is 6. The zero-order chi connectivity index (χ0) is 20.3. The highest BCUT2D eigenvalue weighted by atomic mass is 32.2. The van der Waals surface area contributed by atoms with Gasteiger partial charge in [0, 0.05) is 5.69 Å². The number of carbonyl (C=O) groups is 1. The Morgan fingerprint density at radius 2 is 1.82 bits per heavy atom. The molecular weight excluding hydrogens is 403 g/mol. The van der Waals surface area contributed by atoms with Crippen molar-refractivity contribution in [3.05, 3.63) is 60.4 Å². The van der Waals surface area contributed by atoms with Gasteiger partial charge in [-0.2, -0.15) is 5.10 Å². The molecule has 3 rings (SSSR count). The van der Waals surface area contributed by atoms with E-state index in [9.17, 15) is 17.6 Å². The molecule has 1 aromatic heterocycles. The topological polar surface area (TPSA) is 107 Å². The summed E-state index contributed by atoms with van der Waals surface area (Å²) in [7, 11) is -3.89. The maximum Gasteiger partial charge on any atom is 0.246 e. The molecule has 1 amide bonds. The lowest BCUT2D eigenvalue weighted by Crippen LogP contribution is -2.21. The summed E-state index contributed by atoms with van der Waals surface area (Å²) in [6.07, 6.45) is 1.68. The quantitative estimate of drug-likeness (QED) is 0.594. The van der Waals surface area contributed by atoms with E-state index in [1.54, 1.807) is 24.5 Å². The van der Waals surface area contributed by atoms with Gasteiger partial charge in [0.2, 0.25) is 15.7 Å². The van der Waals surface area contributed by atoms with Gasteiger partial charge in [-0.25, -0.2) is 17.5 Å². The Balaban J connectivity index is 1.90. The first kappa shape index (κ1) is 19.9. The fourth-order valence-electron chi connectivity index (χ4n) is 2.53. The number of nitrogens with one attached hydrogen (secondary N) is 1. The van der Waals surface area contributed by atoms with Crippen LogP contribution in [0.3, 0.4) is 0 Å². The van der Waals surface area contributed by atoms with E-state index in [0.29, 0.717) is 5.69 Å². The molecule has 0 bridgehead atoms. The molecule has 0 aliphatic rings. The molecule has 0 spiro atoms. The normalized spacial score (nSPS) is 11.4. The predicted octanol–water partition coefficient (Wildman–Crippen LogP) is 2.80. The average molecular weight is 420 g/mol. The van der Waals surface area contributed by atoms with Crippen molar-refractivity contribution in [1.82, 2.24) is 9.78 Å². The number of sulfone groups is 1. The predicted molar refractivity (Wildman–Crippen MR) is 105 cm³/mol. The van der Waals surface area contributed by atoms with Gasteiger partial charge in [-0.1, -0.05) is 18.2 Å². The van der Waals surface area contributed by atoms with E-state index in [1.807, 2.05) is 0 Å². The van der Waals surface area contributed by atoms with Gasteiger partial charge in [-0.05, 0) is 42.7 Å². The summed E-state index contributed by atoms with van der Waals surface area (Å²) in [4.78, 5) is 12.2. The van der Waals surface area contributed by atoms with Crippen molar-refractivity contribution in [2.24, 2.45) is 0 Å². The Labute approximate surface area is 165 Å². The first-order valence-corrected chi connectivity index (χ1v) is 10.8. The number of amides is 1. The number of anilines is 2. The fourth-order valence-corrected chi connectivity index (χ4v) is 4.98. The summed E-state index contributed by atoms with van der Waals surface area (Å²) < 4.78 is 40.0. The molecule has 0 unspecified atom stereocenters.